The zero-order chi connectivity index (χ0) is 23.6. The number of hydrogen-bond acceptors (Lipinski definition) is 4. The quantitative estimate of drug-likeness (QED) is 0.198. The van der Waals surface area contributed by atoms with Gasteiger partial charge in [0.25, 0.3) is 0 Å². The molecule has 0 saturated heterocycles. The molecule has 0 heterocycles. The van der Waals surface area contributed by atoms with E-state index in [-0.39, 0.29) is 5.78 Å². The third kappa shape index (κ3) is 6.36. The Bertz CT molecular complexity index is 1230. The third-order valence-corrected chi connectivity index (χ3v) is 5.24. The maximum Gasteiger partial charge on any atom is 0.185 e. The molecule has 0 saturated carbocycles. The Morgan fingerprint density at radius 1 is 0.706 bits per heavy atom. The van der Waals surface area contributed by atoms with Gasteiger partial charge in [0.2, 0.25) is 0 Å². The number of hydrogen-bond donors (Lipinski definition) is 0. The summed E-state index contributed by atoms with van der Waals surface area (Å²) in [5, 5.41) is 0. The van der Waals surface area contributed by atoms with E-state index >= 15 is 0 Å². The van der Waals surface area contributed by atoms with Crippen LogP contribution in [0.3, 0.4) is 0 Å². The summed E-state index contributed by atoms with van der Waals surface area (Å²) in [6, 6.07) is 32.7. The van der Waals surface area contributed by atoms with Gasteiger partial charge in [-0.05, 0) is 59.2 Å². The van der Waals surface area contributed by atoms with E-state index in [4.69, 9.17) is 14.2 Å². The average molecular weight is 451 g/mol. The Labute approximate surface area is 200 Å². The fourth-order valence-corrected chi connectivity index (χ4v) is 3.35. The molecule has 0 aromatic heterocycles. The highest BCUT2D eigenvalue weighted by molar-refractivity contribution is 6.06. The van der Waals surface area contributed by atoms with Crippen molar-refractivity contribution in [3.63, 3.8) is 0 Å². The first kappa shape index (κ1) is 22.9. The first-order valence-electron chi connectivity index (χ1n) is 11.1. The minimum atomic E-state index is -0.0844. The third-order valence-electron chi connectivity index (χ3n) is 5.24. The van der Waals surface area contributed by atoms with E-state index in [2.05, 4.69) is 0 Å². The van der Waals surface area contributed by atoms with Crippen molar-refractivity contribution in [2.24, 2.45) is 0 Å². The van der Waals surface area contributed by atoms with E-state index in [0.29, 0.717) is 36.0 Å². The lowest BCUT2D eigenvalue weighted by atomic mass is 10.1. The molecule has 0 spiro atoms. The first-order chi connectivity index (χ1) is 16.7. The van der Waals surface area contributed by atoms with Crippen LogP contribution in [0, 0.1) is 0 Å². The summed E-state index contributed by atoms with van der Waals surface area (Å²) in [7, 11) is 1.60. The van der Waals surface area contributed by atoms with Crippen LogP contribution in [0.1, 0.15) is 27.0 Å². The Kier molecular flexibility index (Phi) is 7.75. The molecule has 0 fully saturated rings. The second kappa shape index (κ2) is 11.5. The van der Waals surface area contributed by atoms with Crippen molar-refractivity contribution in [3.8, 4) is 17.2 Å². The number of benzene rings is 4. The summed E-state index contributed by atoms with van der Waals surface area (Å²) in [6.07, 6.45) is 3.34. The van der Waals surface area contributed by atoms with Crippen LogP contribution in [0.15, 0.2) is 109 Å². The number of rotatable bonds is 10. The molecule has 4 nitrogen and oxygen atoms in total. The van der Waals surface area contributed by atoms with Gasteiger partial charge in [-0.15, -0.1) is 0 Å². The number of carbonyl (C=O) groups is 1. The Hall–Kier alpha value is -4.31. The van der Waals surface area contributed by atoms with E-state index in [1.807, 2.05) is 78.9 Å². The normalized spacial score (nSPS) is 10.7. The van der Waals surface area contributed by atoms with Gasteiger partial charge in [-0.2, -0.15) is 0 Å². The number of methoxy groups -OCH3 is 1. The lowest BCUT2D eigenvalue weighted by Gasteiger charge is -2.14. The number of ketones is 1. The van der Waals surface area contributed by atoms with Crippen LogP contribution in [0.25, 0.3) is 6.08 Å². The van der Waals surface area contributed by atoms with E-state index in [1.165, 1.54) is 0 Å². The molecule has 4 rings (SSSR count). The van der Waals surface area contributed by atoms with Gasteiger partial charge in [0.1, 0.15) is 19.0 Å². The van der Waals surface area contributed by atoms with Crippen LogP contribution in [0.2, 0.25) is 0 Å². The van der Waals surface area contributed by atoms with Crippen molar-refractivity contribution < 1.29 is 19.0 Å². The number of allylic oxidation sites excluding steroid dienone is 1. The summed E-state index contributed by atoms with van der Waals surface area (Å²) < 4.78 is 17.3. The molecular formula is C30H26O4. The van der Waals surface area contributed by atoms with Crippen LogP contribution in [-0.2, 0) is 13.2 Å². The molecule has 0 bridgehead atoms. The molecule has 0 atom stereocenters. The Morgan fingerprint density at radius 3 is 1.88 bits per heavy atom. The fraction of sp³-hybridized carbons (Fsp3) is 0.100. The summed E-state index contributed by atoms with van der Waals surface area (Å²) in [5.41, 5.74) is 3.58. The van der Waals surface area contributed by atoms with Gasteiger partial charge in [0.15, 0.2) is 17.3 Å². The van der Waals surface area contributed by atoms with Crippen LogP contribution < -0.4 is 14.2 Å². The zero-order valence-corrected chi connectivity index (χ0v) is 19.0. The average Bonchev–Trinajstić information content (AvgIpc) is 2.91. The summed E-state index contributed by atoms with van der Waals surface area (Å²) in [4.78, 5) is 12.6. The molecule has 34 heavy (non-hydrogen) atoms. The second-order valence-electron chi connectivity index (χ2n) is 7.68. The van der Waals surface area contributed by atoms with Gasteiger partial charge in [-0.1, -0.05) is 72.8 Å². The highest BCUT2D eigenvalue weighted by Crippen LogP contribution is 2.30. The smallest absolute Gasteiger partial charge is 0.185 e. The van der Waals surface area contributed by atoms with Crippen molar-refractivity contribution in [3.05, 3.63) is 131 Å². The molecule has 0 aliphatic rings. The molecule has 0 aliphatic carbocycles. The van der Waals surface area contributed by atoms with Gasteiger partial charge in [0.05, 0.1) is 7.11 Å². The summed E-state index contributed by atoms with van der Waals surface area (Å²) in [6.45, 7) is 0.855. The Balaban J connectivity index is 1.51. The molecular weight excluding hydrogens is 424 g/mol. The van der Waals surface area contributed by atoms with Gasteiger partial charge in [-0.25, -0.2) is 0 Å². The Morgan fingerprint density at radius 2 is 1.29 bits per heavy atom. The van der Waals surface area contributed by atoms with Gasteiger partial charge < -0.3 is 14.2 Å². The van der Waals surface area contributed by atoms with Crippen molar-refractivity contribution >= 4 is 11.9 Å². The van der Waals surface area contributed by atoms with E-state index < -0.39 is 0 Å². The molecule has 170 valence electrons. The second-order valence-corrected chi connectivity index (χ2v) is 7.68. The van der Waals surface area contributed by atoms with Crippen LogP contribution >= 0.6 is 0 Å². The standard InChI is InChI=1S/C30H26O4/c1-32-27-16-14-26(15-17-27)28(31)18-12-23-13-19-29(33-21-24-8-4-2-5-9-24)30(20-23)34-22-25-10-6-3-7-11-25/h2-20H,21-22H2,1H3. The van der Waals surface area contributed by atoms with E-state index in [0.717, 1.165) is 16.7 Å². The minimum Gasteiger partial charge on any atom is -0.497 e. The van der Waals surface area contributed by atoms with Crippen LogP contribution in [-0.4, -0.2) is 12.9 Å². The van der Waals surface area contributed by atoms with Gasteiger partial charge >= 0.3 is 0 Å². The highest BCUT2D eigenvalue weighted by atomic mass is 16.5. The number of carbonyl (C=O) groups excluding carboxylic acids is 1. The maximum absolute atomic E-state index is 12.6. The fourth-order valence-electron chi connectivity index (χ4n) is 3.35. The molecule has 0 amide bonds. The predicted octanol–water partition coefficient (Wildman–Crippen LogP) is 6.75. The van der Waals surface area contributed by atoms with Crippen LogP contribution in [0.4, 0.5) is 0 Å². The van der Waals surface area contributed by atoms with Crippen molar-refractivity contribution in [1.29, 1.82) is 0 Å². The maximum atomic E-state index is 12.6. The molecule has 4 heteroatoms. The lowest BCUT2D eigenvalue weighted by Crippen LogP contribution is -2.01. The molecule has 0 radical (unpaired) electrons. The van der Waals surface area contributed by atoms with Crippen LogP contribution in [0.5, 0.6) is 17.2 Å². The summed E-state index contributed by atoms with van der Waals surface area (Å²) in [5.74, 6) is 1.91. The monoisotopic (exact) mass is 450 g/mol. The lowest BCUT2D eigenvalue weighted by molar-refractivity contribution is 0.104. The molecule has 0 aliphatic heterocycles. The summed E-state index contributed by atoms with van der Waals surface area (Å²) >= 11 is 0. The van der Waals surface area contributed by atoms with Crippen molar-refractivity contribution in [2.45, 2.75) is 13.2 Å². The van der Waals surface area contributed by atoms with Gasteiger partial charge in [-0.3, -0.25) is 4.79 Å². The van der Waals surface area contributed by atoms with Gasteiger partial charge in [0, 0.05) is 5.56 Å². The van der Waals surface area contributed by atoms with Crippen molar-refractivity contribution in [1.82, 2.24) is 0 Å². The first-order valence-corrected chi connectivity index (χ1v) is 11.1. The van der Waals surface area contributed by atoms with E-state index in [1.54, 1.807) is 43.5 Å². The largest absolute Gasteiger partial charge is 0.497 e. The zero-order valence-electron chi connectivity index (χ0n) is 19.0. The van der Waals surface area contributed by atoms with E-state index in [9.17, 15) is 4.79 Å². The molecule has 4 aromatic carbocycles. The highest BCUT2D eigenvalue weighted by Gasteiger charge is 2.08. The minimum absolute atomic E-state index is 0.0844. The molecule has 4 aromatic rings. The predicted molar refractivity (Wildman–Crippen MR) is 134 cm³/mol. The molecule has 0 unspecified atom stereocenters. The number of ether oxygens (including phenoxy) is 3. The van der Waals surface area contributed by atoms with Crippen molar-refractivity contribution in [2.75, 3.05) is 7.11 Å². The SMILES string of the molecule is COc1ccc(C(=O)C=Cc2ccc(OCc3ccccc3)c(OCc3ccccc3)c2)cc1. The topological polar surface area (TPSA) is 44.8 Å². The molecule has 0 N–H and O–H groups in total.